The van der Waals surface area contributed by atoms with Crippen molar-refractivity contribution in [2.45, 2.75) is 25.2 Å². The van der Waals surface area contributed by atoms with Crippen molar-refractivity contribution in [2.24, 2.45) is 0 Å². The Morgan fingerprint density at radius 1 is 1.47 bits per heavy atom. The zero-order valence-electron chi connectivity index (χ0n) is 9.61. The Morgan fingerprint density at radius 3 is 2.53 bits per heavy atom. The van der Waals surface area contributed by atoms with Crippen molar-refractivity contribution < 1.29 is 32.4 Å². The molecule has 2 amide bonds. The number of halogens is 3. The van der Waals surface area contributed by atoms with E-state index in [2.05, 4.69) is 9.68 Å². The maximum atomic E-state index is 12.6. The first-order valence-corrected chi connectivity index (χ1v) is 4.92. The summed E-state index contributed by atoms with van der Waals surface area (Å²) < 4.78 is 42.3. The van der Waals surface area contributed by atoms with Gasteiger partial charge >= 0.3 is 18.2 Å². The largest absolute Gasteiger partial charge is 0.479 e. The molecule has 0 aromatic carbocycles. The summed E-state index contributed by atoms with van der Waals surface area (Å²) >= 11 is 0. The van der Waals surface area contributed by atoms with Crippen molar-refractivity contribution >= 4 is 12.0 Å². The average Bonchev–Trinajstić information content (AvgIpc) is 2.77. The molecule has 1 rings (SSSR count). The van der Waals surface area contributed by atoms with Crippen LogP contribution in [0.25, 0.3) is 0 Å². The van der Waals surface area contributed by atoms with Crippen LogP contribution in [-0.4, -0.2) is 34.0 Å². The van der Waals surface area contributed by atoms with Crippen LogP contribution >= 0.6 is 0 Å². The molecule has 0 bridgehead atoms. The van der Waals surface area contributed by atoms with E-state index in [-0.39, 0.29) is 12.3 Å². The molecule has 0 aliphatic carbocycles. The molecule has 10 heteroatoms. The highest BCUT2D eigenvalue weighted by molar-refractivity contribution is 5.86. The van der Waals surface area contributed by atoms with Gasteiger partial charge in [0.05, 0.1) is 12.7 Å². The molecule has 0 aliphatic heterocycles. The van der Waals surface area contributed by atoms with Crippen molar-refractivity contribution in [3.8, 4) is 0 Å². The Kier molecular flexibility index (Phi) is 4.02. The van der Waals surface area contributed by atoms with E-state index in [0.717, 1.165) is 0 Å². The fourth-order valence-electron chi connectivity index (χ4n) is 1.02. The van der Waals surface area contributed by atoms with Gasteiger partial charge in [0.15, 0.2) is 5.76 Å². The summed E-state index contributed by atoms with van der Waals surface area (Å²) in [6.45, 7) is 0.128. The average molecular weight is 281 g/mol. The second-order valence-electron chi connectivity index (χ2n) is 3.71. The highest BCUT2D eigenvalue weighted by Crippen LogP contribution is 2.30. The third-order valence-electron chi connectivity index (χ3n) is 2.27. The highest BCUT2D eigenvalue weighted by Gasteiger charge is 2.58. The third kappa shape index (κ3) is 3.36. The number of rotatable bonds is 4. The lowest BCUT2D eigenvalue weighted by atomic mass is 10.0. The summed E-state index contributed by atoms with van der Waals surface area (Å²) in [6.07, 6.45) is -3.85. The number of amides is 2. The van der Waals surface area contributed by atoms with Gasteiger partial charge in [-0.05, 0) is 6.92 Å². The van der Waals surface area contributed by atoms with Crippen LogP contribution < -0.4 is 10.6 Å². The van der Waals surface area contributed by atoms with Crippen LogP contribution in [0, 0.1) is 0 Å². The Balaban J connectivity index is 2.65. The minimum Gasteiger partial charge on any atom is -0.479 e. The number of hydrogen-bond acceptors (Lipinski definition) is 4. The Bertz CT molecular complexity index is 460. The molecule has 0 saturated carbocycles. The van der Waals surface area contributed by atoms with Crippen molar-refractivity contribution in [2.75, 3.05) is 0 Å². The van der Waals surface area contributed by atoms with Gasteiger partial charge in [-0.2, -0.15) is 13.2 Å². The molecule has 1 atom stereocenters. The minimum absolute atomic E-state index is 0.208. The molecule has 0 saturated heterocycles. The van der Waals surface area contributed by atoms with Gasteiger partial charge in [-0.15, -0.1) is 0 Å². The zero-order valence-corrected chi connectivity index (χ0v) is 9.61. The summed E-state index contributed by atoms with van der Waals surface area (Å²) in [4.78, 5) is 21.9. The maximum absolute atomic E-state index is 12.6. The fourth-order valence-corrected chi connectivity index (χ4v) is 1.02. The van der Waals surface area contributed by atoms with Gasteiger partial charge in [-0.25, -0.2) is 9.59 Å². The number of hydrogen-bond donors (Lipinski definition) is 3. The molecular weight excluding hydrogens is 271 g/mol. The Hall–Kier alpha value is -2.26. The number of carbonyl (C=O) groups excluding carboxylic acids is 1. The van der Waals surface area contributed by atoms with Crippen molar-refractivity contribution in [3.05, 3.63) is 18.0 Å². The summed E-state index contributed by atoms with van der Waals surface area (Å²) in [5.41, 5.74) is -3.38. The molecule has 0 radical (unpaired) electrons. The van der Waals surface area contributed by atoms with Gasteiger partial charge in [0.25, 0.3) is 0 Å². The van der Waals surface area contributed by atoms with E-state index >= 15 is 0 Å². The lowest BCUT2D eigenvalue weighted by molar-refractivity contribution is -0.203. The van der Waals surface area contributed by atoms with Gasteiger partial charge in [0, 0.05) is 6.07 Å². The van der Waals surface area contributed by atoms with Gasteiger partial charge in [-0.1, -0.05) is 5.16 Å². The highest BCUT2D eigenvalue weighted by atomic mass is 19.4. The van der Waals surface area contributed by atoms with E-state index in [1.807, 2.05) is 5.32 Å². The molecule has 0 fully saturated rings. The minimum atomic E-state index is -5.14. The summed E-state index contributed by atoms with van der Waals surface area (Å²) in [5, 5.41) is 15.3. The maximum Gasteiger partial charge on any atom is 0.422 e. The van der Waals surface area contributed by atoms with Crippen LogP contribution in [0.2, 0.25) is 0 Å². The topological polar surface area (TPSA) is 104 Å². The second-order valence-corrected chi connectivity index (χ2v) is 3.71. The number of aromatic nitrogens is 1. The van der Waals surface area contributed by atoms with Gasteiger partial charge < -0.3 is 20.3 Å². The van der Waals surface area contributed by atoms with Gasteiger partial charge in [-0.3, -0.25) is 0 Å². The SMILES string of the molecule is CC(NC(=O)NCc1ccno1)(C(=O)O)C(F)(F)F. The lowest BCUT2D eigenvalue weighted by Crippen LogP contribution is -2.63. The Morgan fingerprint density at radius 2 is 2.11 bits per heavy atom. The molecule has 106 valence electrons. The number of nitrogens with zero attached hydrogens (tertiary/aromatic N) is 1. The molecule has 1 aromatic heterocycles. The molecule has 0 aliphatic rings. The number of nitrogens with one attached hydrogen (secondary N) is 2. The molecule has 1 aromatic rings. The summed E-state index contributed by atoms with van der Waals surface area (Å²) in [6, 6.07) is 0.0964. The predicted octanol–water partition coefficient (Wildman–Crippen LogP) is 0.879. The van der Waals surface area contributed by atoms with Gasteiger partial charge in [0.1, 0.15) is 0 Å². The normalized spacial score (nSPS) is 14.5. The van der Waals surface area contributed by atoms with E-state index in [9.17, 15) is 22.8 Å². The number of alkyl halides is 3. The van der Waals surface area contributed by atoms with E-state index in [0.29, 0.717) is 6.92 Å². The smallest absolute Gasteiger partial charge is 0.422 e. The summed E-state index contributed by atoms with van der Waals surface area (Å²) in [5.74, 6) is -2.01. The number of carbonyl (C=O) groups is 2. The number of carboxylic acid groups (broad SMARTS) is 1. The predicted molar refractivity (Wildman–Crippen MR) is 54.0 cm³/mol. The fraction of sp³-hybridized carbons (Fsp3) is 0.444. The van der Waals surface area contributed by atoms with Crippen LogP contribution in [0.1, 0.15) is 12.7 Å². The molecule has 7 nitrogen and oxygen atoms in total. The molecular formula is C9H10F3N3O4. The van der Waals surface area contributed by atoms with E-state index in [4.69, 9.17) is 5.11 Å². The monoisotopic (exact) mass is 281 g/mol. The van der Waals surface area contributed by atoms with Crippen molar-refractivity contribution in [3.63, 3.8) is 0 Å². The number of carboxylic acids is 1. The first-order chi connectivity index (χ1) is 8.67. The lowest BCUT2D eigenvalue weighted by Gasteiger charge is -2.28. The van der Waals surface area contributed by atoms with Crippen molar-refractivity contribution in [1.82, 2.24) is 15.8 Å². The van der Waals surface area contributed by atoms with Gasteiger partial charge in [0.2, 0.25) is 5.54 Å². The van der Waals surface area contributed by atoms with Crippen LogP contribution in [0.4, 0.5) is 18.0 Å². The third-order valence-corrected chi connectivity index (χ3v) is 2.27. The van der Waals surface area contributed by atoms with Crippen LogP contribution in [0.3, 0.4) is 0 Å². The standard InChI is InChI=1S/C9H10F3N3O4/c1-8(6(16)17,9(10,11)12)15-7(18)13-4-5-2-3-14-19-5/h2-3H,4H2,1H3,(H,16,17)(H2,13,15,18). The zero-order chi connectivity index (χ0) is 14.7. The van der Waals surface area contributed by atoms with Crippen LogP contribution in [0.5, 0.6) is 0 Å². The first-order valence-electron chi connectivity index (χ1n) is 4.92. The Labute approximate surface area is 104 Å². The molecule has 1 heterocycles. The van der Waals surface area contributed by atoms with Crippen molar-refractivity contribution in [1.29, 1.82) is 0 Å². The van der Waals surface area contributed by atoms with Crippen LogP contribution in [0.15, 0.2) is 16.8 Å². The quantitative estimate of drug-likeness (QED) is 0.760. The summed E-state index contributed by atoms with van der Waals surface area (Å²) in [7, 11) is 0. The van der Waals surface area contributed by atoms with E-state index in [1.165, 1.54) is 17.6 Å². The second kappa shape index (κ2) is 5.16. The number of aliphatic carboxylic acids is 1. The first kappa shape index (κ1) is 14.8. The van der Waals surface area contributed by atoms with E-state index in [1.54, 1.807) is 0 Å². The number of urea groups is 1. The van der Waals surface area contributed by atoms with E-state index < -0.39 is 23.7 Å². The molecule has 0 spiro atoms. The molecule has 19 heavy (non-hydrogen) atoms. The molecule has 3 N–H and O–H groups in total. The van der Waals surface area contributed by atoms with Crippen LogP contribution in [-0.2, 0) is 11.3 Å². The molecule has 1 unspecified atom stereocenters.